The fourth-order valence-corrected chi connectivity index (χ4v) is 5.77. The average Bonchev–Trinajstić information content (AvgIpc) is 3.46. The average molecular weight is 521 g/mol. The molecule has 2 atom stereocenters. The van der Waals surface area contributed by atoms with Crippen molar-refractivity contribution < 1.29 is 13.2 Å². The monoisotopic (exact) mass is 520 g/mol. The minimum atomic E-state index is -4.23. The van der Waals surface area contributed by atoms with Crippen LogP contribution < -0.4 is 5.56 Å². The molecule has 0 amide bonds. The van der Waals surface area contributed by atoms with Crippen molar-refractivity contribution >= 4 is 11.8 Å². The second-order valence-electron chi connectivity index (χ2n) is 9.32. The first-order valence-corrected chi connectivity index (χ1v) is 13.5. The van der Waals surface area contributed by atoms with Crippen LogP contribution in [0.3, 0.4) is 0 Å². The van der Waals surface area contributed by atoms with Crippen molar-refractivity contribution in [2.45, 2.75) is 76.5 Å². The lowest BCUT2D eigenvalue weighted by Crippen LogP contribution is -2.10. The van der Waals surface area contributed by atoms with Crippen LogP contribution in [0.5, 0.6) is 0 Å². The number of nitrogens with one attached hydrogen (secondary N) is 1. The fourth-order valence-electron chi connectivity index (χ4n) is 4.77. The van der Waals surface area contributed by atoms with Gasteiger partial charge in [-0.3, -0.25) is 4.79 Å². The van der Waals surface area contributed by atoms with Gasteiger partial charge in [0.05, 0.1) is 5.56 Å². The smallest absolute Gasteiger partial charge is 0.329 e. The number of hydrogen-bond acceptors (Lipinski definition) is 4. The Morgan fingerprint density at radius 3 is 2.53 bits per heavy atom. The molecule has 1 N–H and O–H groups in total. The molecule has 3 aromatic rings. The van der Waals surface area contributed by atoms with E-state index >= 15 is 0 Å². The third-order valence-electron chi connectivity index (χ3n) is 6.88. The molecular weight excluding hydrogens is 485 g/mol. The van der Waals surface area contributed by atoms with Gasteiger partial charge in [0.2, 0.25) is 5.56 Å². The predicted octanol–water partition coefficient (Wildman–Crippen LogP) is 7.45. The Hall–Kier alpha value is -2.55. The van der Waals surface area contributed by atoms with E-state index in [1.54, 1.807) is 30.1 Å². The lowest BCUT2D eigenvalue weighted by Gasteiger charge is -2.17. The topological polar surface area (TPSA) is 63.6 Å². The molecule has 0 saturated heterocycles. The molecule has 2 heterocycles. The number of thioether (sulfide) groups is 1. The zero-order valence-corrected chi connectivity index (χ0v) is 22.2. The molecule has 0 aliphatic heterocycles. The van der Waals surface area contributed by atoms with Crippen LogP contribution in [0.25, 0.3) is 11.4 Å². The number of unbranched alkanes of at least 4 members (excludes halogenated alkanes) is 1. The van der Waals surface area contributed by atoms with Crippen LogP contribution >= 0.6 is 11.8 Å². The van der Waals surface area contributed by atoms with Crippen molar-refractivity contribution in [3.05, 3.63) is 64.1 Å². The Kier molecular flexibility index (Phi) is 9.44. The normalized spacial score (nSPS) is 19.0. The Morgan fingerprint density at radius 1 is 1.14 bits per heavy atom. The molecule has 9 heteroatoms. The Balaban J connectivity index is 0.000000201. The van der Waals surface area contributed by atoms with Crippen LogP contribution in [0.4, 0.5) is 13.2 Å². The van der Waals surface area contributed by atoms with E-state index in [2.05, 4.69) is 36.0 Å². The molecule has 1 aromatic carbocycles. The number of halogens is 3. The first-order valence-electron chi connectivity index (χ1n) is 12.5. The van der Waals surface area contributed by atoms with E-state index in [0.717, 1.165) is 54.4 Å². The number of alkyl halides is 3. The van der Waals surface area contributed by atoms with E-state index in [1.807, 2.05) is 17.7 Å². The predicted molar refractivity (Wildman–Crippen MR) is 139 cm³/mol. The largest absolute Gasteiger partial charge is 0.416 e. The van der Waals surface area contributed by atoms with Gasteiger partial charge in [0, 0.05) is 30.6 Å². The Labute approximate surface area is 214 Å². The highest BCUT2D eigenvalue weighted by molar-refractivity contribution is 7.99. The second kappa shape index (κ2) is 12.1. The van der Waals surface area contributed by atoms with Crippen LogP contribution in [0.2, 0.25) is 0 Å². The molecule has 1 saturated carbocycles. The maximum Gasteiger partial charge on any atom is 0.416 e. The highest BCUT2D eigenvalue weighted by atomic mass is 32.2. The van der Waals surface area contributed by atoms with Crippen molar-refractivity contribution in [1.29, 1.82) is 0 Å². The van der Waals surface area contributed by atoms with Crippen LogP contribution in [0.15, 0.2) is 52.5 Å². The van der Waals surface area contributed by atoms with Gasteiger partial charge in [-0.25, -0.2) is 0 Å². The minimum Gasteiger partial charge on any atom is -0.329 e. The van der Waals surface area contributed by atoms with E-state index in [9.17, 15) is 18.0 Å². The molecule has 1 unspecified atom stereocenters. The van der Waals surface area contributed by atoms with Crippen molar-refractivity contribution in [2.24, 2.45) is 12.5 Å². The summed E-state index contributed by atoms with van der Waals surface area (Å²) in [7, 11) is 1.92. The molecule has 5 nitrogen and oxygen atoms in total. The first kappa shape index (κ1) is 28.0. The Bertz CT molecular complexity index is 1190. The zero-order valence-electron chi connectivity index (χ0n) is 21.4. The number of pyridine rings is 1. The molecule has 0 spiro atoms. The van der Waals surface area contributed by atoms with Gasteiger partial charge in [-0.05, 0) is 54.7 Å². The van der Waals surface area contributed by atoms with Crippen molar-refractivity contribution in [3.8, 4) is 11.4 Å². The molecule has 1 fully saturated rings. The van der Waals surface area contributed by atoms with Gasteiger partial charge < -0.3 is 9.55 Å². The third-order valence-corrected chi connectivity index (χ3v) is 7.99. The summed E-state index contributed by atoms with van der Waals surface area (Å²) in [6, 6.07) is 9.41. The number of benzene rings is 1. The molecule has 1 aliphatic carbocycles. The van der Waals surface area contributed by atoms with Crippen LogP contribution in [-0.4, -0.2) is 25.5 Å². The zero-order chi connectivity index (χ0) is 26.3. The summed E-state index contributed by atoms with van der Waals surface area (Å²) >= 11 is 1.69. The molecule has 1 aliphatic rings. The molecule has 196 valence electrons. The number of H-pyrrole nitrogens is 1. The summed E-state index contributed by atoms with van der Waals surface area (Å²) in [6.07, 6.45) is 3.67. The quantitative estimate of drug-likeness (QED) is 0.235. The summed E-state index contributed by atoms with van der Waals surface area (Å²) in [5, 5.41) is 9.19. The van der Waals surface area contributed by atoms with Crippen molar-refractivity contribution in [3.63, 3.8) is 0 Å². The van der Waals surface area contributed by atoms with Gasteiger partial charge >= 0.3 is 6.18 Å². The molecule has 0 radical (unpaired) electrons. The summed E-state index contributed by atoms with van der Waals surface area (Å²) in [4.78, 5) is 13.9. The van der Waals surface area contributed by atoms with Crippen molar-refractivity contribution in [2.75, 3.05) is 5.75 Å². The highest BCUT2D eigenvalue weighted by Gasteiger charge is 2.54. The third kappa shape index (κ3) is 6.60. The number of aromatic amines is 1. The maximum absolute atomic E-state index is 13.0. The van der Waals surface area contributed by atoms with E-state index in [1.165, 1.54) is 24.6 Å². The molecule has 0 bridgehead atoms. The standard InChI is InChI=1S/C15H19F3.C12H16N4OS/c1-3-9-14(4-2)10-13(14)11-7-5-6-8-12(11)15(16,17)18;1-3-4-7-18-12-15-14-11(16(12)2)9-5-6-13-10(17)8-9/h5-8,13H,3-4,9-10H2,1-2H3;5-6,8H,3-4,7H2,1-2H3,(H,13,17)/t13?,14-;/m0./s1. The molecule has 36 heavy (non-hydrogen) atoms. The number of hydrogen-bond donors (Lipinski definition) is 1. The van der Waals surface area contributed by atoms with Crippen LogP contribution in [0.1, 0.15) is 76.3 Å². The minimum absolute atomic E-state index is 0.0975. The SMILES string of the molecule is CCCCSc1nnc(-c2cc[nH]c(=O)c2)n1C.CCC[C@@]1(CC)CC1c1ccccc1C(F)(F)F. The van der Waals surface area contributed by atoms with Gasteiger partial charge in [0.1, 0.15) is 0 Å². The van der Waals surface area contributed by atoms with E-state index in [0.29, 0.717) is 5.56 Å². The highest BCUT2D eigenvalue weighted by Crippen LogP contribution is 2.65. The van der Waals surface area contributed by atoms with Gasteiger partial charge in [0.25, 0.3) is 0 Å². The molecule has 4 rings (SSSR count). The van der Waals surface area contributed by atoms with Crippen LogP contribution in [0, 0.1) is 5.41 Å². The molecular formula is C27H35F3N4OS. The lowest BCUT2D eigenvalue weighted by molar-refractivity contribution is -0.138. The Morgan fingerprint density at radius 2 is 1.89 bits per heavy atom. The van der Waals surface area contributed by atoms with E-state index in [-0.39, 0.29) is 16.9 Å². The first-order chi connectivity index (χ1) is 17.2. The molecule has 2 aromatic heterocycles. The number of aromatic nitrogens is 4. The van der Waals surface area contributed by atoms with Gasteiger partial charge in [-0.1, -0.05) is 63.6 Å². The number of nitrogens with zero attached hydrogens (tertiary/aromatic N) is 3. The summed E-state index contributed by atoms with van der Waals surface area (Å²) in [5.74, 6) is 1.86. The summed E-state index contributed by atoms with van der Waals surface area (Å²) < 4.78 is 40.9. The fraction of sp³-hybridized carbons (Fsp3) is 0.519. The number of rotatable bonds is 9. The van der Waals surface area contributed by atoms with Gasteiger partial charge in [0.15, 0.2) is 11.0 Å². The maximum atomic E-state index is 13.0. The lowest BCUT2D eigenvalue weighted by atomic mass is 9.90. The summed E-state index contributed by atoms with van der Waals surface area (Å²) in [5.41, 5.74) is 0.837. The second-order valence-corrected chi connectivity index (χ2v) is 10.4. The van der Waals surface area contributed by atoms with E-state index < -0.39 is 11.7 Å². The van der Waals surface area contributed by atoms with E-state index in [4.69, 9.17) is 0 Å². The summed E-state index contributed by atoms with van der Waals surface area (Å²) in [6.45, 7) is 6.35. The van der Waals surface area contributed by atoms with Crippen LogP contribution in [-0.2, 0) is 13.2 Å². The van der Waals surface area contributed by atoms with Gasteiger partial charge in [-0.2, -0.15) is 13.2 Å². The van der Waals surface area contributed by atoms with Gasteiger partial charge in [-0.15, -0.1) is 10.2 Å². The van der Waals surface area contributed by atoms with Crippen molar-refractivity contribution in [1.82, 2.24) is 19.7 Å².